The van der Waals surface area contributed by atoms with Gasteiger partial charge in [0.15, 0.2) is 0 Å². The lowest BCUT2D eigenvalue weighted by molar-refractivity contribution is -0.146. The van der Waals surface area contributed by atoms with Crippen LogP contribution in [0.25, 0.3) is 5.69 Å². The van der Waals surface area contributed by atoms with Crippen molar-refractivity contribution in [1.82, 2.24) is 14.9 Å². The number of aryl methyl sites for hydroxylation is 1. The standard InChI is InChI=1S/C14H14F3N3/c1-9-2-4-10(5-3-9)20-12-6-7-18-8-11(12)19-13(20)14(15,16)17/h2-5,18H,6-8H2,1H3. The highest BCUT2D eigenvalue weighted by Gasteiger charge is 2.39. The van der Waals surface area contributed by atoms with E-state index in [1.54, 1.807) is 12.1 Å². The fourth-order valence-electron chi connectivity index (χ4n) is 2.47. The predicted molar refractivity (Wildman–Crippen MR) is 68.7 cm³/mol. The number of rotatable bonds is 1. The first-order valence-electron chi connectivity index (χ1n) is 6.42. The van der Waals surface area contributed by atoms with Crippen LogP contribution >= 0.6 is 0 Å². The molecule has 0 saturated carbocycles. The van der Waals surface area contributed by atoms with Gasteiger partial charge in [0, 0.05) is 30.9 Å². The zero-order valence-electron chi connectivity index (χ0n) is 11.0. The molecular formula is C14H14F3N3. The molecule has 0 bridgehead atoms. The molecule has 6 heteroatoms. The fraction of sp³-hybridized carbons (Fsp3) is 0.357. The number of imidazole rings is 1. The van der Waals surface area contributed by atoms with E-state index >= 15 is 0 Å². The van der Waals surface area contributed by atoms with E-state index in [-0.39, 0.29) is 0 Å². The summed E-state index contributed by atoms with van der Waals surface area (Å²) < 4.78 is 40.8. The van der Waals surface area contributed by atoms with Gasteiger partial charge in [-0.1, -0.05) is 17.7 Å². The molecule has 0 radical (unpaired) electrons. The van der Waals surface area contributed by atoms with Crippen LogP contribution in [0.5, 0.6) is 0 Å². The van der Waals surface area contributed by atoms with E-state index in [1.165, 1.54) is 4.57 Å². The van der Waals surface area contributed by atoms with Crippen LogP contribution in [0, 0.1) is 6.92 Å². The highest BCUT2D eigenvalue weighted by Crippen LogP contribution is 2.33. The van der Waals surface area contributed by atoms with Crippen molar-refractivity contribution in [3.05, 3.63) is 47.0 Å². The maximum atomic E-state index is 13.2. The minimum atomic E-state index is -4.46. The molecule has 0 spiro atoms. The van der Waals surface area contributed by atoms with Crippen molar-refractivity contribution in [2.45, 2.75) is 26.1 Å². The van der Waals surface area contributed by atoms with E-state index in [1.807, 2.05) is 19.1 Å². The second-order valence-corrected chi connectivity index (χ2v) is 4.92. The van der Waals surface area contributed by atoms with Crippen molar-refractivity contribution in [1.29, 1.82) is 0 Å². The lowest BCUT2D eigenvalue weighted by Gasteiger charge is -2.17. The Bertz CT molecular complexity index is 626. The van der Waals surface area contributed by atoms with E-state index < -0.39 is 12.0 Å². The first-order valence-corrected chi connectivity index (χ1v) is 6.42. The molecule has 0 amide bonds. The number of benzene rings is 1. The molecule has 3 nitrogen and oxygen atoms in total. The molecule has 0 aliphatic carbocycles. The SMILES string of the molecule is Cc1ccc(-n2c(C(F)(F)F)nc3c2CCNC3)cc1. The smallest absolute Gasteiger partial charge is 0.311 e. The van der Waals surface area contributed by atoms with Crippen molar-refractivity contribution in [2.75, 3.05) is 6.54 Å². The minimum absolute atomic E-state index is 0.386. The molecule has 1 aromatic carbocycles. The quantitative estimate of drug-likeness (QED) is 0.871. The number of fused-ring (bicyclic) bond motifs is 1. The summed E-state index contributed by atoms with van der Waals surface area (Å²) in [6, 6.07) is 7.02. The summed E-state index contributed by atoms with van der Waals surface area (Å²) >= 11 is 0. The van der Waals surface area contributed by atoms with Crippen LogP contribution in [-0.4, -0.2) is 16.1 Å². The molecule has 0 atom stereocenters. The molecule has 1 aromatic heterocycles. The third-order valence-electron chi connectivity index (χ3n) is 3.43. The first kappa shape index (κ1) is 13.2. The van der Waals surface area contributed by atoms with E-state index in [9.17, 15) is 13.2 Å². The van der Waals surface area contributed by atoms with Gasteiger partial charge in [0.05, 0.1) is 5.69 Å². The molecule has 1 N–H and O–H groups in total. The molecule has 106 valence electrons. The monoisotopic (exact) mass is 281 g/mol. The number of halogens is 3. The highest BCUT2D eigenvalue weighted by atomic mass is 19.4. The van der Waals surface area contributed by atoms with Gasteiger partial charge in [0.1, 0.15) is 0 Å². The summed E-state index contributed by atoms with van der Waals surface area (Å²) in [5.74, 6) is -0.838. The van der Waals surface area contributed by atoms with E-state index in [4.69, 9.17) is 0 Å². The molecule has 1 aliphatic heterocycles. The largest absolute Gasteiger partial charge is 0.450 e. The Morgan fingerprint density at radius 1 is 1.20 bits per heavy atom. The van der Waals surface area contributed by atoms with Crippen LogP contribution in [0.15, 0.2) is 24.3 Å². The summed E-state index contributed by atoms with van der Waals surface area (Å²) in [5, 5.41) is 3.05. The number of alkyl halides is 3. The second kappa shape index (κ2) is 4.63. The molecule has 2 aromatic rings. The third-order valence-corrected chi connectivity index (χ3v) is 3.43. The maximum Gasteiger partial charge on any atom is 0.450 e. The Morgan fingerprint density at radius 3 is 2.55 bits per heavy atom. The number of nitrogens with one attached hydrogen (secondary N) is 1. The number of hydrogen-bond donors (Lipinski definition) is 1. The van der Waals surface area contributed by atoms with E-state index in [2.05, 4.69) is 10.3 Å². The minimum Gasteiger partial charge on any atom is -0.311 e. The highest BCUT2D eigenvalue weighted by molar-refractivity contribution is 5.40. The van der Waals surface area contributed by atoms with Crippen LogP contribution in [0.4, 0.5) is 13.2 Å². The zero-order chi connectivity index (χ0) is 14.3. The van der Waals surface area contributed by atoms with Crippen molar-refractivity contribution in [3.8, 4) is 5.69 Å². The molecule has 0 unspecified atom stereocenters. The summed E-state index contributed by atoms with van der Waals surface area (Å²) in [7, 11) is 0. The first-order chi connectivity index (χ1) is 9.47. The van der Waals surface area contributed by atoms with Gasteiger partial charge >= 0.3 is 6.18 Å². The Hall–Kier alpha value is -1.82. The van der Waals surface area contributed by atoms with Gasteiger partial charge < -0.3 is 5.32 Å². The Kier molecular flexibility index (Phi) is 3.05. The van der Waals surface area contributed by atoms with Crippen LogP contribution in [0.3, 0.4) is 0 Å². The van der Waals surface area contributed by atoms with Crippen LogP contribution in [0.1, 0.15) is 22.8 Å². The van der Waals surface area contributed by atoms with Gasteiger partial charge in [-0.05, 0) is 19.1 Å². The lowest BCUT2D eigenvalue weighted by Crippen LogP contribution is -2.25. The average Bonchev–Trinajstić information content (AvgIpc) is 2.79. The van der Waals surface area contributed by atoms with Gasteiger partial charge in [-0.25, -0.2) is 4.98 Å². The third kappa shape index (κ3) is 2.20. The molecule has 2 heterocycles. The van der Waals surface area contributed by atoms with E-state index in [0.717, 1.165) is 5.56 Å². The Morgan fingerprint density at radius 2 is 1.90 bits per heavy atom. The summed E-state index contributed by atoms with van der Waals surface area (Å²) in [4.78, 5) is 3.80. The maximum absolute atomic E-state index is 13.2. The fourth-order valence-corrected chi connectivity index (χ4v) is 2.47. The van der Waals surface area contributed by atoms with Crippen molar-refractivity contribution in [2.24, 2.45) is 0 Å². The van der Waals surface area contributed by atoms with Gasteiger partial charge in [-0.3, -0.25) is 4.57 Å². The number of aromatic nitrogens is 2. The van der Waals surface area contributed by atoms with Gasteiger partial charge in [-0.2, -0.15) is 13.2 Å². The van der Waals surface area contributed by atoms with Gasteiger partial charge in [0.25, 0.3) is 0 Å². The van der Waals surface area contributed by atoms with Crippen molar-refractivity contribution >= 4 is 0 Å². The Labute approximate surface area is 114 Å². The van der Waals surface area contributed by atoms with Gasteiger partial charge in [-0.15, -0.1) is 0 Å². The topological polar surface area (TPSA) is 29.9 Å². The summed E-state index contributed by atoms with van der Waals surface area (Å²) in [5.41, 5.74) is 2.67. The molecule has 20 heavy (non-hydrogen) atoms. The number of hydrogen-bond acceptors (Lipinski definition) is 2. The Balaban J connectivity index is 2.21. The molecule has 1 aliphatic rings. The second-order valence-electron chi connectivity index (χ2n) is 4.92. The number of nitrogens with zero attached hydrogens (tertiary/aromatic N) is 2. The van der Waals surface area contributed by atoms with Crippen molar-refractivity contribution in [3.63, 3.8) is 0 Å². The summed E-state index contributed by atoms with van der Waals surface area (Å²) in [6.07, 6.45) is -3.91. The summed E-state index contributed by atoms with van der Waals surface area (Å²) in [6.45, 7) is 2.96. The van der Waals surface area contributed by atoms with E-state index in [0.29, 0.717) is 36.6 Å². The zero-order valence-corrected chi connectivity index (χ0v) is 11.0. The van der Waals surface area contributed by atoms with Crippen LogP contribution in [0.2, 0.25) is 0 Å². The van der Waals surface area contributed by atoms with Gasteiger partial charge in [0.2, 0.25) is 5.82 Å². The van der Waals surface area contributed by atoms with Crippen LogP contribution < -0.4 is 5.32 Å². The molecule has 0 fully saturated rings. The predicted octanol–water partition coefficient (Wildman–Crippen LogP) is 2.85. The molecular weight excluding hydrogens is 267 g/mol. The van der Waals surface area contributed by atoms with Crippen molar-refractivity contribution < 1.29 is 13.2 Å². The normalized spacial score (nSPS) is 15.2. The molecule has 3 rings (SSSR count). The average molecular weight is 281 g/mol. The lowest BCUT2D eigenvalue weighted by atomic mass is 10.1. The molecule has 0 saturated heterocycles. The van der Waals surface area contributed by atoms with Crippen LogP contribution in [-0.2, 0) is 19.1 Å².